The first kappa shape index (κ1) is 16.0. The summed E-state index contributed by atoms with van der Waals surface area (Å²) in [6.45, 7) is 11.6. The molecule has 0 bridgehead atoms. The zero-order valence-electron chi connectivity index (χ0n) is 12.7. The van der Waals surface area contributed by atoms with Crippen molar-refractivity contribution in [2.75, 3.05) is 6.26 Å². The fourth-order valence-electron chi connectivity index (χ4n) is 3.75. The normalized spacial score (nSPS) is 30.7. The van der Waals surface area contributed by atoms with Crippen molar-refractivity contribution in [3.63, 3.8) is 0 Å². The summed E-state index contributed by atoms with van der Waals surface area (Å²) in [4.78, 5) is 0. The van der Waals surface area contributed by atoms with Crippen molar-refractivity contribution in [2.24, 2.45) is 16.7 Å². The largest absolute Gasteiger partial charge is 0.213 e. The van der Waals surface area contributed by atoms with E-state index in [4.69, 9.17) is 0 Å². The first-order chi connectivity index (χ1) is 7.98. The molecule has 0 amide bonds. The number of sulfonamides is 1. The lowest BCUT2D eigenvalue weighted by Gasteiger charge is -2.52. The molecule has 0 atom stereocenters. The monoisotopic (exact) mass is 275 g/mol. The van der Waals surface area contributed by atoms with Gasteiger partial charge in [-0.1, -0.05) is 34.6 Å². The van der Waals surface area contributed by atoms with Crippen LogP contribution in [0.4, 0.5) is 0 Å². The van der Waals surface area contributed by atoms with Gasteiger partial charge in [-0.25, -0.2) is 13.1 Å². The summed E-state index contributed by atoms with van der Waals surface area (Å²) in [5.41, 5.74) is 0.611. The van der Waals surface area contributed by atoms with E-state index in [-0.39, 0.29) is 11.5 Å². The molecule has 1 saturated carbocycles. The number of hydrogen-bond acceptors (Lipinski definition) is 2. The van der Waals surface area contributed by atoms with Gasteiger partial charge >= 0.3 is 0 Å². The lowest BCUT2D eigenvalue weighted by atomic mass is 9.54. The van der Waals surface area contributed by atoms with E-state index in [2.05, 4.69) is 39.3 Å². The molecule has 18 heavy (non-hydrogen) atoms. The zero-order valence-corrected chi connectivity index (χ0v) is 13.5. The van der Waals surface area contributed by atoms with Gasteiger partial charge in [-0.15, -0.1) is 0 Å². The molecule has 1 fully saturated rings. The van der Waals surface area contributed by atoms with Crippen LogP contribution in [-0.4, -0.2) is 20.7 Å². The molecule has 0 aromatic rings. The van der Waals surface area contributed by atoms with Crippen molar-refractivity contribution in [1.29, 1.82) is 0 Å². The van der Waals surface area contributed by atoms with Crippen molar-refractivity contribution < 1.29 is 8.42 Å². The fourth-order valence-corrected chi connectivity index (χ4v) is 4.59. The van der Waals surface area contributed by atoms with Crippen LogP contribution in [0.15, 0.2) is 0 Å². The minimum absolute atomic E-state index is 0.134. The van der Waals surface area contributed by atoms with Crippen LogP contribution in [0, 0.1) is 16.7 Å². The topological polar surface area (TPSA) is 46.2 Å². The van der Waals surface area contributed by atoms with Gasteiger partial charge < -0.3 is 0 Å². The molecule has 1 aliphatic rings. The molecule has 0 aromatic carbocycles. The Morgan fingerprint density at radius 2 is 1.61 bits per heavy atom. The Bertz CT molecular complexity index is 371. The van der Waals surface area contributed by atoms with Gasteiger partial charge in [0.25, 0.3) is 0 Å². The van der Waals surface area contributed by atoms with Crippen molar-refractivity contribution in [3.05, 3.63) is 0 Å². The van der Waals surface area contributed by atoms with E-state index in [0.29, 0.717) is 11.3 Å². The second-order valence-electron chi connectivity index (χ2n) is 7.23. The molecule has 4 heteroatoms. The van der Waals surface area contributed by atoms with Gasteiger partial charge in [0.1, 0.15) is 0 Å². The predicted molar refractivity (Wildman–Crippen MR) is 77.0 cm³/mol. The summed E-state index contributed by atoms with van der Waals surface area (Å²) in [5, 5.41) is 0. The molecule has 0 unspecified atom stereocenters. The first-order valence-corrected chi connectivity index (χ1v) is 8.84. The third-order valence-electron chi connectivity index (χ3n) is 4.86. The molecule has 0 heterocycles. The molecule has 0 radical (unpaired) electrons. The molecular formula is C14H29NO2S. The van der Waals surface area contributed by atoms with Gasteiger partial charge in [0.2, 0.25) is 10.0 Å². The standard InChI is InChI=1S/C14H29NO2S/c1-11(2)14(13(3,4)5)9-7-12(8-10-14)15-18(6,16)17/h11-12,15H,7-10H2,1-6H3. The average molecular weight is 275 g/mol. The van der Waals surface area contributed by atoms with Crippen molar-refractivity contribution in [3.8, 4) is 0 Å². The minimum Gasteiger partial charge on any atom is -0.213 e. The van der Waals surface area contributed by atoms with Gasteiger partial charge in [0.15, 0.2) is 0 Å². The number of rotatable bonds is 3. The molecule has 1 N–H and O–H groups in total. The summed E-state index contributed by atoms with van der Waals surface area (Å²) < 4.78 is 25.3. The molecular weight excluding hydrogens is 246 g/mol. The molecule has 3 nitrogen and oxygen atoms in total. The summed E-state index contributed by atoms with van der Waals surface area (Å²) in [6, 6.07) is 0.134. The van der Waals surface area contributed by atoms with E-state index in [9.17, 15) is 8.42 Å². The average Bonchev–Trinajstić information content (AvgIpc) is 2.13. The highest BCUT2D eigenvalue weighted by Gasteiger charge is 2.46. The van der Waals surface area contributed by atoms with Crippen LogP contribution in [0.5, 0.6) is 0 Å². The second kappa shape index (κ2) is 5.12. The summed E-state index contributed by atoms with van der Waals surface area (Å²) in [6.07, 6.45) is 5.40. The highest BCUT2D eigenvalue weighted by molar-refractivity contribution is 7.88. The highest BCUT2D eigenvalue weighted by Crippen LogP contribution is 2.54. The van der Waals surface area contributed by atoms with Crippen LogP contribution >= 0.6 is 0 Å². The Morgan fingerprint density at radius 1 is 1.17 bits per heavy atom. The third-order valence-corrected chi connectivity index (χ3v) is 5.62. The van der Waals surface area contributed by atoms with E-state index in [1.165, 1.54) is 6.26 Å². The lowest BCUT2D eigenvalue weighted by molar-refractivity contribution is -0.0143. The van der Waals surface area contributed by atoms with E-state index < -0.39 is 10.0 Å². The third kappa shape index (κ3) is 3.47. The van der Waals surface area contributed by atoms with Gasteiger partial charge in [0.05, 0.1) is 6.26 Å². The Hall–Kier alpha value is -0.0900. The molecule has 1 rings (SSSR count). The highest BCUT2D eigenvalue weighted by atomic mass is 32.2. The van der Waals surface area contributed by atoms with Crippen molar-refractivity contribution in [2.45, 2.75) is 66.3 Å². The number of nitrogens with one attached hydrogen (secondary N) is 1. The van der Waals surface area contributed by atoms with Gasteiger partial charge in [-0.3, -0.25) is 0 Å². The summed E-state index contributed by atoms with van der Waals surface area (Å²) in [7, 11) is -3.07. The second-order valence-corrected chi connectivity index (χ2v) is 9.01. The Kier molecular flexibility index (Phi) is 4.54. The van der Waals surface area contributed by atoms with Crippen LogP contribution in [0.1, 0.15) is 60.3 Å². The van der Waals surface area contributed by atoms with E-state index >= 15 is 0 Å². The summed E-state index contributed by atoms with van der Waals surface area (Å²) >= 11 is 0. The van der Waals surface area contributed by atoms with Crippen molar-refractivity contribution >= 4 is 10.0 Å². The van der Waals surface area contributed by atoms with Gasteiger partial charge in [-0.05, 0) is 42.4 Å². The van der Waals surface area contributed by atoms with Crippen LogP contribution in [-0.2, 0) is 10.0 Å². The lowest BCUT2D eigenvalue weighted by Crippen LogP contribution is -2.47. The van der Waals surface area contributed by atoms with Crippen LogP contribution in [0.3, 0.4) is 0 Å². The Morgan fingerprint density at radius 3 is 1.89 bits per heavy atom. The van der Waals surface area contributed by atoms with E-state index in [1.807, 2.05) is 0 Å². The maximum absolute atomic E-state index is 11.3. The fraction of sp³-hybridized carbons (Fsp3) is 1.00. The molecule has 0 aromatic heterocycles. The smallest absolute Gasteiger partial charge is 0.208 e. The molecule has 1 aliphatic carbocycles. The molecule has 0 aliphatic heterocycles. The molecule has 108 valence electrons. The van der Waals surface area contributed by atoms with E-state index in [0.717, 1.165) is 25.7 Å². The zero-order chi connectivity index (χ0) is 14.2. The Balaban J connectivity index is 2.77. The maximum Gasteiger partial charge on any atom is 0.208 e. The minimum atomic E-state index is -3.07. The first-order valence-electron chi connectivity index (χ1n) is 6.95. The van der Waals surface area contributed by atoms with Crippen LogP contribution in [0.2, 0.25) is 0 Å². The van der Waals surface area contributed by atoms with Gasteiger partial charge in [0, 0.05) is 6.04 Å². The van der Waals surface area contributed by atoms with Crippen molar-refractivity contribution in [1.82, 2.24) is 4.72 Å². The van der Waals surface area contributed by atoms with E-state index in [1.54, 1.807) is 0 Å². The molecule has 0 saturated heterocycles. The summed E-state index contributed by atoms with van der Waals surface area (Å²) in [5.74, 6) is 0.636. The quantitative estimate of drug-likeness (QED) is 0.860. The Labute approximate surface area is 113 Å². The van der Waals surface area contributed by atoms with Crippen LogP contribution in [0.25, 0.3) is 0 Å². The van der Waals surface area contributed by atoms with Crippen LogP contribution < -0.4 is 4.72 Å². The van der Waals surface area contributed by atoms with Gasteiger partial charge in [-0.2, -0.15) is 0 Å². The molecule has 0 spiro atoms. The predicted octanol–water partition coefficient (Wildman–Crippen LogP) is 3.17. The number of hydrogen-bond donors (Lipinski definition) is 1. The maximum atomic E-state index is 11.3. The SMILES string of the molecule is CC(C)C1(C(C)(C)C)CCC(NS(C)(=O)=O)CC1.